The summed E-state index contributed by atoms with van der Waals surface area (Å²) in [6.07, 6.45) is 11.3. The van der Waals surface area contributed by atoms with Gasteiger partial charge in [0.25, 0.3) is 0 Å². The Labute approximate surface area is 218 Å². The van der Waals surface area contributed by atoms with Crippen LogP contribution in [0.2, 0.25) is 0 Å². The third-order valence-electron chi connectivity index (χ3n) is 7.02. The third-order valence-corrected chi connectivity index (χ3v) is 7.02. The number of para-hydroxylation sites is 1. The van der Waals surface area contributed by atoms with Crippen LogP contribution in [0.25, 0.3) is 28.0 Å². The fourth-order valence-electron chi connectivity index (χ4n) is 4.97. The number of halogens is 1. The molecule has 0 bridgehead atoms. The van der Waals surface area contributed by atoms with E-state index < -0.39 is 0 Å². The average Bonchev–Trinajstić information content (AvgIpc) is 3.71. The van der Waals surface area contributed by atoms with Crippen LogP contribution in [0.15, 0.2) is 67.4 Å². The molecule has 0 unspecified atom stereocenters. The van der Waals surface area contributed by atoms with Gasteiger partial charge in [-0.05, 0) is 48.6 Å². The molecule has 2 aliphatic rings. The van der Waals surface area contributed by atoms with Crippen LogP contribution >= 0.6 is 0 Å². The fourth-order valence-corrected chi connectivity index (χ4v) is 4.97. The fraction of sp³-hybridized carbons (Fsp3) is 0.250. The minimum Gasteiger partial charge on any atom is -0.353 e. The van der Waals surface area contributed by atoms with Crippen molar-refractivity contribution >= 4 is 28.2 Å². The van der Waals surface area contributed by atoms with Gasteiger partial charge in [0.1, 0.15) is 23.1 Å². The molecule has 9 nitrogen and oxygen atoms in total. The van der Waals surface area contributed by atoms with Gasteiger partial charge in [0.05, 0.1) is 29.8 Å². The zero-order chi connectivity index (χ0) is 25.5. The van der Waals surface area contributed by atoms with Gasteiger partial charge < -0.3 is 15.5 Å². The Balaban J connectivity index is 1.24. The first-order valence-electron chi connectivity index (χ1n) is 12.9. The second-order valence-corrected chi connectivity index (χ2v) is 9.68. The van der Waals surface area contributed by atoms with E-state index in [0.29, 0.717) is 28.9 Å². The molecule has 4 aromatic heterocycles. The van der Waals surface area contributed by atoms with E-state index in [0.717, 1.165) is 48.5 Å². The number of fused-ring (bicyclic) bond motifs is 1. The lowest BCUT2D eigenvalue weighted by Gasteiger charge is -2.30. The molecule has 1 aliphatic heterocycles. The van der Waals surface area contributed by atoms with Crippen LogP contribution in [0.5, 0.6) is 0 Å². The molecule has 0 radical (unpaired) electrons. The second-order valence-electron chi connectivity index (χ2n) is 9.68. The van der Waals surface area contributed by atoms with Crippen LogP contribution in [0, 0.1) is 5.82 Å². The highest BCUT2D eigenvalue weighted by atomic mass is 19.1. The van der Waals surface area contributed by atoms with Crippen molar-refractivity contribution in [2.75, 3.05) is 36.4 Å². The Morgan fingerprint density at radius 1 is 1.00 bits per heavy atom. The first kappa shape index (κ1) is 22.7. The molecule has 10 heteroatoms. The minimum atomic E-state index is -0.338. The highest BCUT2D eigenvalue weighted by molar-refractivity contribution is 5.94. The van der Waals surface area contributed by atoms with Crippen LogP contribution in [0.4, 0.5) is 21.7 Å². The summed E-state index contributed by atoms with van der Waals surface area (Å²) >= 11 is 0. The molecule has 0 amide bonds. The van der Waals surface area contributed by atoms with Crippen molar-refractivity contribution in [1.29, 1.82) is 0 Å². The minimum absolute atomic E-state index is 0.338. The molecule has 1 saturated heterocycles. The van der Waals surface area contributed by atoms with Gasteiger partial charge in [0, 0.05) is 49.5 Å². The molecule has 5 heterocycles. The first-order chi connectivity index (χ1) is 18.7. The first-order valence-corrected chi connectivity index (χ1v) is 12.9. The van der Waals surface area contributed by atoms with E-state index in [1.54, 1.807) is 36.8 Å². The van der Waals surface area contributed by atoms with Crippen LogP contribution in [0.3, 0.4) is 0 Å². The van der Waals surface area contributed by atoms with Crippen molar-refractivity contribution in [3.8, 4) is 17.1 Å². The summed E-state index contributed by atoms with van der Waals surface area (Å²) in [7, 11) is 0. The number of hydrogen-bond donors (Lipinski definition) is 2. The number of hydrogen-bond acceptors (Lipinski definition) is 8. The van der Waals surface area contributed by atoms with Gasteiger partial charge in [0.15, 0.2) is 5.82 Å². The molecule has 0 spiro atoms. The molecule has 5 aromatic rings. The second kappa shape index (κ2) is 9.46. The number of aromatic nitrogens is 6. The molecule has 1 aromatic carbocycles. The number of nitrogens with one attached hydrogen (secondary N) is 2. The summed E-state index contributed by atoms with van der Waals surface area (Å²) in [6, 6.07) is 10.4. The maximum absolute atomic E-state index is 14.2. The maximum atomic E-state index is 14.2. The van der Waals surface area contributed by atoms with Gasteiger partial charge in [0.2, 0.25) is 0 Å². The predicted molar refractivity (Wildman–Crippen MR) is 144 cm³/mol. The lowest BCUT2D eigenvalue weighted by Crippen LogP contribution is -2.44. The lowest BCUT2D eigenvalue weighted by molar-refractivity contribution is 0.586. The molecule has 190 valence electrons. The molecule has 1 saturated carbocycles. The number of piperazine rings is 1. The summed E-state index contributed by atoms with van der Waals surface area (Å²) in [5.41, 5.74) is 4.04. The molecule has 38 heavy (non-hydrogen) atoms. The van der Waals surface area contributed by atoms with E-state index >= 15 is 0 Å². The molecular formula is C28H26FN9. The molecule has 2 N–H and O–H groups in total. The van der Waals surface area contributed by atoms with E-state index in [1.165, 1.54) is 29.2 Å². The lowest BCUT2D eigenvalue weighted by atomic mass is 10.1. The summed E-state index contributed by atoms with van der Waals surface area (Å²) in [5, 5.41) is 12.1. The zero-order valence-corrected chi connectivity index (χ0v) is 20.7. The van der Waals surface area contributed by atoms with E-state index in [9.17, 15) is 4.39 Å². The monoisotopic (exact) mass is 507 g/mol. The molecule has 2 fully saturated rings. The van der Waals surface area contributed by atoms with E-state index in [-0.39, 0.29) is 5.82 Å². The summed E-state index contributed by atoms with van der Waals surface area (Å²) in [4.78, 5) is 21.4. The Bertz CT molecular complexity index is 1620. The normalized spacial score (nSPS) is 15.7. The number of benzene rings is 1. The number of anilines is 3. The van der Waals surface area contributed by atoms with Crippen LogP contribution < -0.4 is 15.5 Å². The van der Waals surface area contributed by atoms with Gasteiger partial charge >= 0.3 is 0 Å². The summed E-state index contributed by atoms with van der Waals surface area (Å²) < 4.78 is 15.7. The van der Waals surface area contributed by atoms with Gasteiger partial charge in [-0.2, -0.15) is 5.10 Å². The van der Waals surface area contributed by atoms with Gasteiger partial charge in [-0.25, -0.2) is 24.0 Å². The molecular weight excluding hydrogens is 481 g/mol. The van der Waals surface area contributed by atoms with Gasteiger partial charge in [-0.15, -0.1) is 0 Å². The van der Waals surface area contributed by atoms with Gasteiger partial charge in [-0.3, -0.25) is 4.98 Å². The Morgan fingerprint density at radius 2 is 1.87 bits per heavy atom. The van der Waals surface area contributed by atoms with Crippen molar-refractivity contribution in [3.05, 3.63) is 78.8 Å². The number of rotatable bonds is 6. The van der Waals surface area contributed by atoms with Crippen LogP contribution in [-0.4, -0.2) is 55.9 Å². The Morgan fingerprint density at radius 3 is 2.71 bits per heavy atom. The summed E-state index contributed by atoms with van der Waals surface area (Å²) in [5.74, 6) is 2.44. The van der Waals surface area contributed by atoms with E-state index in [2.05, 4.69) is 30.6 Å². The van der Waals surface area contributed by atoms with E-state index in [4.69, 9.17) is 9.97 Å². The average molecular weight is 508 g/mol. The quantitative estimate of drug-likeness (QED) is 0.348. The van der Waals surface area contributed by atoms with E-state index in [1.807, 2.05) is 24.5 Å². The zero-order valence-electron chi connectivity index (χ0n) is 20.7. The standard InChI is InChI=1S/C28H26FN9/c29-22-3-1-2-4-24(22)38-17-20(14-33-38)34-25-13-19(7-8-32-25)27-35-23-16-31-15-21(18-5-6-18)26(23)28(36-27)37-11-9-30-10-12-37/h1-4,7-8,13-18,30H,5-6,9-12H2,(H,32,34). The van der Waals surface area contributed by atoms with Crippen LogP contribution in [0.1, 0.15) is 24.3 Å². The predicted octanol–water partition coefficient (Wildman–Crippen LogP) is 4.44. The highest BCUT2D eigenvalue weighted by Crippen LogP contribution is 2.44. The number of nitrogens with zero attached hydrogens (tertiary/aromatic N) is 7. The van der Waals surface area contributed by atoms with Crippen molar-refractivity contribution < 1.29 is 4.39 Å². The maximum Gasteiger partial charge on any atom is 0.162 e. The van der Waals surface area contributed by atoms with Gasteiger partial charge in [-0.1, -0.05) is 12.1 Å². The largest absolute Gasteiger partial charge is 0.353 e. The molecule has 7 rings (SSSR count). The molecule has 0 atom stereocenters. The topological polar surface area (TPSA) is 96.7 Å². The third kappa shape index (κ3) is 4.32. The van der Waals surface area contributed by atoms with Crippen molar-refractivity contribution in [2.24, 2.45) is 0 Å². The Kier molecular flexibility index (Phi) is 5.66. The smallest absolute Gasteiger partial charge is 0.162 e. The Hall–Kier alpha value is -4.44. The summed E-state index contributed by atoms with van der Waals surface area (Å²) in [6.45, 7) is 3.64. The molecule has 1 aliphatic carbocycles. The SMILES string of the molecule is Fc1ccccc1-n1cc(Nc2cc(-c3nc(N4CCNCC4)c4c(C5CC5)cncc4n3)ccn2)cn1. The van der Waals surface area contributed by atoms with Crippen molar-refractivity contribution in [3.63, 3.8) is 0 Å². The van der Waals surface area contributed by atoms with Crippen molar-refractivity contribution in [2.45, 2.75) is 18.8 Å². The van der Waals surface area contributed by atoms with Crippen LogP contribution in [-0.2, 0) is 0 Å². The highest BCUT2D eigenvalue weighted by Gasteiger charge is 2.29. The van der Waals surface area contributed by atoms with Crippen molar-refractivity contribution in [1.82, 2.24) is 35.0 Å². The number of pyridine rings is 2.